The van der Waals surface area contributed by atoms with Crippen LogP contribution in [0.4, 0.5) is 15.8 Å². The standard InChI is InChI=1S/C15H16FN3O/c1-2-10-6-3-4-9-13(10)18-15(20)11-7-5-8-12(16)14(11)19-17/h3-9,19H,2,17H2,1H3,(H,18,20). The molecule has 0 bridgehead atoms. The quantitative estimate of drug-likeness (QED) is 0.592. The molecule has 0 aromatic heterocycles. The molecule has 5 heteroatoms. The van der Waals surface area contributed by atoms with Crippen molar-refractivity contribution in [2.24, 2.45) is 5.84 Å². The van der Waals surface area contributed by atoms with Crippen molar-refractivity contribution < 1.29 is 9.18 Å². The van der Waals surface area contributed by atoms with Gasteiger partial charge < -0.3 is 10.7 Å². The predicted molar refractivity (Wildman–Crippen MR) is 78.0 cm³/mol. The third-order valence-electron chi connectivity index (χ3n) is 3.05. The molecule has 2 aromatic rings. The van der Waals surface area contributed by atoms with Crippen molar-refractivity contribution in [3.8, 4) is 0 Å². The third-order valence-corrected chi connectivity index (χ3v) is 3.05. The number of hydrogen-bond acceptors (Lipinski definition) is 3. The van der Waals surface area contributed by atoms with Gasteiger partial charge in [-0.3, -0.25) is 10.6 Å². The lowest BCUT2D eigenvalue weighted by Crippen LogP contribution is -2.19. The Morgan fingerprint density at radius 1 is 1.20 bits per heavy atom. The first kappa shape index (κ1) is 14.0. The van der Waals surface area contributed by atoms with E-state index in [9.17, 15) is 9.18 Å². The van der Waals surface area contributed by atoms with Gasteiger partial charge in [0, 0.05) is 5.69 Å². The van der Waals surface area contributed by atoms with E-state index in [4.69, 9.17) is 5.84 Å². The molecule has 0 saturated heterocycles. The van der Waals surface area contributed by atoms with E-state index < -0.39 is 11.7 Å². The van der Waals surface area contributed by atoms with Crippen LogP contribution in [-0.2, 0) is 6.42 Å². The number of nitrogen functional groups attached to an aromatic ring is 1. The van der Waals surface area contributed by atoms with Gasteiger partial charge in [0.05, 0.1) is 11.3 Å². The van der Waals surface area contributed by atoms with E-state index in [-0.39, 0.29) is 11.3 Å². The molecule has 4 nitrogen and oxygen atoms in total. The summed E-state index contributed by atoms with van der Waals surface area (Å²) in [5.41, 5.74) is 4.10. The number of nitrogens with one attached hydrogen (secondary N) is 2. The van der Waals surface area contributed by atoms with Crippen LogP contribution in [0.25, 0.3) is 0 Å². The highest BCUT2D eigenvalue weighted by molar-refractivity contribution is 6.08. The fraction of sp³-hybridized carbons (Fsp3) is 0.133. The van der Waals surface area contributed by atoms with Crippen molar-refractivity contribution in [1.29, 1.82) is 0 Å². The molecule has 0 aliphatic rings. The molecule has 2 rings (SSSR count). The summed E-state index contributed by atoms with van der Waals surface area (Å²) in [6.45, 7) is 2.00. The highest BCUT2D eigenvalue weighted by Gasteiger charge is 2.15. The fourth-order valence-electron chi connectivity index (χ4n) is 2.00. The lowest BCUT2D eigenvalue weighted by molar-refractivity contribution is 0.102. The predicted octanol–water partition coefficient (Wildman–Crippen LogP) is 2.93. The first-order valence-corrected chi connectivity index (χ1v) is 6.31. The van der Waals surface area contributed by atoms with E-state index >= 15 is 0 Å². The normalized spacial score (nSPS) is 10.2. The van der Waals surface area contributed by atoms with Crippen LogP contribution in [0.15, 0.2) is 42.5 Å². The SMILES string of the molecule is CCc1ccccc1NC(=O)c1cccc(F)c1NN. The van der Waals surface area contributed by atoms with E-state index in [1.165, 1.54) is 18.2 Å². The number of benzene rings is 2. The molecule has 0 aliphatic heterocycles. The van der Waals surface area contributed by atoms with Gasteiger partial charge in [-0.05, 0) is 30.2 Å². The van der Waals surface area contributed by atoms with Crippen molar-refractivity contribution >= 4 is 17.3 Å². The molecular weight excluding hydrogens is 257 g/mol. The largest absolute Gasteiger partial charge is 0.322 e. The summed E-state index contributed by atoms with van der Waals surface area (Å²) in [6, 6.07) is 11.7. The summed E-state index contributed by atoms with van der Waals surface area (Å²) in [6.07, 6.45) is 0.793. The number of para-hydroxylation sites is 2. The summed E-state index contributed by atoms with van der Waals surface area (Å²) in [4.78, 5) is 12.2. The van der Waals surface area contributed by atoms with Gasteiger partial charge in [-0.2, -0.15) is 0 Å². The Morgan fingerprint density at radius 2 is 1.95 bits per heavy atom. The number of carbonyl (C=O) groups excluding carboxylic acids is 1. The van der Waals surface area contributed by atoms with Gasteiger partial charge in [0.25, 0.3) is 5.91 Å². The van der Waals surface area contributed by atoms with Gasteiger partial charge >= 0.3 is 0 Å². The highest BCUT2D eigenvalue weighted by atomic mass is 19.1. The third kappa shape index (κ3) is 2.78. The maximum absolute atomic E-state index is 13.6. The maximum atomic E-state index is 13.6. The van der Waals surface area contributed by atoms with Crippen molar-refractivity contribution in [2.45, 2.75) is 13.3 Å². The number of rotatable bonds is 4. The van der Waals surface area contributed by atoms with Crippen molar-refractivity contribution in [3.05, 3.63) is 59.4 Å². The summed E-state index contributed by atoms with van der Waals surface area (Å²) >= 11 is 0. The van der Waals surface area contributed by atoms with E-state index in [1.807, 2.05) is 31.2 Å². The van der Waals surface area contributed by atoms with Crippen LogP contribution in [0.2, 0.25) is 0 Å². The maximum Gasteiger partial charge on any atom is 0.257 e. The van der Waals surface area contributed by atoms with Crippen molar-refractivity contribution in [3.63, 3.8) is 0 Å². The zero-order valence-electron chi connectivity index (χ0n) is 11.1. The monoisotopic (exact) mass is 273 g/mol. The Hall–Kier alpha value is -2.40. The van der Waals surface area contributed by atoms with Crippen LogP contribution in [0.3, 0.4) is 0 Å². The molecule has 104 valence electrons. The van der Waals surface area contributed by atoms with Crippen LogP contribution in [-0.4, -0.2) is 5.91 Å². The van der Waals surface area contributed by atoms with Crippen LogP contribution in [0.5, 0.6) is 0 Å². The lowest BCUT2D eigenvalue weighted by atomic mass is 10.1. The molecule has 0 heterocycles. The topological polar surface area (TPSA) is 67.2 Å². The number of anilines is 2. The Bertz CT molecular complexity index is 628. The molecule has 20 heavy (non-hydrogen) atoms. The number of hydrazine groups is 1. The molecule has 0 unspecified atom stereocenters. The van der Waals surface area contributed by atoms with E-state index in [2.05, 4.69) is 10.7 Å². The van der Waals surface area contributed by atoms with Gasteiger partial charge in [-0.1, -0.05) is 31.2 Å². The number of hydrogen-bond donors (Lipinski definition) is 3. The molecule has 0 atom stereocenters. The first-order valence-electron chi connectivity index (χ1n) is 6.31. The summed E-state index contributed by atoms with van der Waals surface area (Å²) in [7, 11) is 0. The van der Waals surface area contributed by atoms with Gasteiger partial charge in [0.2, 0.25) is 0 Å². The first-order chi connectivity index (χ1) is 9.67. The fourth-order valence-corrected chi connectivity index (χ4v) is 2.00. The molecule has 2 aromatic carbocycles. The Kier molecular flexibility index (Phi) is 4.32. The Labute approximate surface area is 116 Å². The number of halogens is 1. The second-order valence-electron chi connectivity index (χ2n) is 4.27. The van der Waals surface area contributed by atoms with Crippen LogP contribution >= 0.6 is 0 Å². The van der Waals surface area contributed by atoms with Gasteiger partial charge in [-0.15, -0.1) is 0 Å². The van der Waals surface area contributed by atoms with E-state index in [0.717, 1.165) is 12.0 Å². The average Bonchev–Trinajstić information content (AvgIpc) is 2.47. The lowest BCUT2D eigenvalue weighted by Gasteiger charge is -2.12. The zero-order valence-corrected chi connectivity index (χ0v) is 11.1. The van der Waals surface area contributed by atoms with Gasteiger partial charge in [0.15, 0.2) is 0 Å². The average molecular weight is 273 g/mol. The summed E-state index contributed by atoms with van der Waals surface area (Å²) in [5, 5.41) is 2.78. The molecular formula is C15H16FN3O. The molecule has 0 aliphatic carbocycles. The van der Waals surface area contributed by atoms with Crippen LogP contribution < -0.4 is 16.6 Å². The van der Waals surface area contributed by atoms with Crippen LogP contribution in [0, 0.1) is 5.82 Å². The smallest absolute Gasteiger partial charge is 0.257 e. The minimum atomic E-state index is -0.566. The number of carbonyl (C=O) groups is 1. The Morgan fingerprint density at radius 3 is 2.65 bits per heavy atom. The number of amides is 1. The Balaban J connectivity index is 2.31. The molecule has 0 radical (unpaired) electrons. The second-order valence-corrected chi connectivity index (χ2v) is 4.27. The number of nitrogens with two attached hydrogens (primary N) is 1. The summed E-state index contributed by atoms with van der Waals surface area (Å²) in [5.74, 6) is 4.30. The van der Waals surface area contributed by atoms with Crippen molar-refractivity contribution in [2.75, 3.05) is 10.7 Å². The van der Waals surface area contributed by atoms with Gasteiger partial charge in [-0.25, -0.2) is 4.39 Å². The minimum absolute atomic E-state index is 0.0148. The highest BCUT2D eigenvalue weighted by Crippen LogP contribution is 2.21. The molecule has 0 saturated carbocycles. The summed E-state index contributed by atoms with van der Waals surface area (Å²) < 4.78 is 13.6. The molecule has 4 N–H and O–H groups in total. The van der Waals surface area contributed by atoms with Crippen molar-refractivity contribution in [1.82, 2.24) is 0 Å². The molecule has 0 fully saturated rings. The minimum Gasteiger partial charge on any atom is -0.322 e. The van der Waals surface area contributed by atoms with Crippen LogP contribution in [0.1, 0.15) is 22.8 Å². The molecule has 0 spiro atoms. The van der Waals surface area contributed by atoms with E-state index in [1.54, 1.807) is 0 Å². The van der Waals surface area contributed by atoms with E-state index in [0.29, 0.717) is 5.69 Å². The molecule has 1 amide bonds. The van der Waals surface area contributed by atoms with Gasteiger partial charge in [0.1, 0.15) is 5.82 Å². The zero-order chi connectivity index (χ0) is 14.5. The second kappa shape index (κ2) is 6.16. The number of aryl methyl sites for hydroxylation is 1.